The van der Waals surface area contributed by atoms with E-state index in [0.29, 0.717) is 13.1 Å². The molecule has 0 radical (unpaired) electrons. The first kappa shape index (κ1) is 17.7. The normalized spacial score (nSPS) is 20.1. The lowest BCUT2D eigenvalue weighted by Gasteiger charge is -2.36. The van der Waals surface area contributed by atoms with E-state index in [-0.39, 0.29) is 18.4 Å². The number of aliphatic hydroxyl groups is 1. The number of alkyl halides is 3. The Morgan fingerprint density at radius 2 is 1.87 bits per heavy atom. The third kappa shape index (κ3) is 4.03. The Kier molecular flexibility index (Phi) is 5.01. The number of hydrogen-bond donors (Lipinski definition) is 2. The average molecular weight is 330 g/mol. The molecular weight excluding hydrogens is 309 g/mol. The van der Waals surface area contributed by atoms with E-state index >= 15 is 0 Å². The second-order valence-corrected chi connectivity index (χ2v) is 6.12. The van der Waals surface area contributed by atoms with Crippen molar-refractivity contribution in [1.82, 2.24) is 10.2 Å². The maximum atomic E-state index is 13.1. The first-order valence-electron chi connectivity index (χ1n) is 7.51. The van der Waals surface area contributed by atoms with Gasteiger partial charge in [-0.1, -0.05) is 18.2 Å². The Balaban J connectivity index is 2.13. The minimum Gasteiger partial charge on any atom is -0.380 e. The average Bonchev–Trinajstić information content (AvgIpc) is 2.49. The molecule has 0 unspecified atom stereocenters. The molecule has 2 N–H and O–H groups in total. The molecule has 0 aliphatic carbocycles. The molecule has 0 spiro atoms. The van der Waals surface area contributed by atoms with Gasteiger partial charge in [0.05, 0.1) is 11.6 Å². The fourth-order valence-electron chi connectivity index (χ4n) is 2.76. The molecular formula is C16H21F3N2O2. The third-order valence-corrected chi connectivity index (χ3v) is 4.32. The summed E-state index contributed by atoms with van der Waals surface area (Å²) in [6, 6.07) is 4.29. The molecule has 0 aromatic heterocycles. The van der Waals surface area contributed by atoms with E-state index in [1.165, 1.54) is 25.1 Å². The van der Waals surface area contributed by atoms with Crippen LogP contribution in [0.1, 0.15) is 36.9 Å². The highest BCUT2D eigenvalue weighted by molar-refractivity contribution is 5.85. The van der Waals surface area contributed by atoms with Gasteiger partial charge >= 0.3 is 6.18 Å². The zero-order chi connectivity index (χ0) is 17.3. The van der Waals surface area contributed by atoms with Crippen LogP contribution in [0.2, 0.25) is 0 Å². The number of likely N-dealkylation sites (tertiary alicyclic amines) is 1. The highest BCUT2D eigenvalue weighted by Gasteiger charge is 2.40. The van der Waals surface area contributed by atoms with Crippen LogP contribution in [-0.2, 0) is 11.0 Å². The van der Waals surface area contributed by atoms with Gasteiger partial charge in [0.1, 0.15) is 5.60 Å². The Bertz CT molecular complexity index is 567. The molecule has 0 saturated carbocycles. The highest BCUT2D eigenvalue weighted by atomic mass is 19.4. The summed E-state index contributed by atoms with van der Waals surface area (Å²) in [6.07, 6.45) is -3.95. The van der Waals surface area contributed by atoms with E-state index < -0.39 is 29.3 Å². The van der Waals surface area contributed by atoms with Crippen LogP contribution in [0.3, 0.4) is 0 Å². The van der Waals surface area contributed by atoms with Crippen LogP contribution in [0, 0.1) is 0 Å². The Morgan fingerprint density at radius 3 is 2.43 bits per heavy atom. The van der Waals surface area contributed by atoms with E-state index in [1.54, 1.807) is 0 Å². The number of hydrogen-bond acceptors (Lipinski definition) is 3. The summed E-state index contributed by atoms with van der Waals surface area (Å²) >= 11 is 0. The molecule has 1 heterocycles. The zero-order valence-corrected chi connectivity index (χ0v) is 13.2. The van der Waals surface area contributed by atoms with Gasteiger partial charge < -0.3 is 15.3 Å². The van der Waals surface area contributed by atoms with Gasteiger partial charge in [-0.3, -0.25) is 4.79 Å². The first-order valence-corrected chi connectivity index (χ1v) is 7.51. The molecule has 1 amide bonds. The van der Waals surface area contributed by atoms with Gasteiger partial charge in [0.15, 0.2) is 0 Å². The van der Waals surface area contributed by atoms with Crippen LogP contribution in [-0.4, -0.2) is 41.7 Å². The zero-order valence-electron chi connectivity index (χ0n) is 13.2. The third-order valence-electron chi connectivity index (χ3n) is 4.32. The minimum absolute atomic E-state index is 0.00937. The number of benzene rings is 1. The van der Waals surface area contributed by atoms with Crippen molar-refractivity contribution in [3.63, 3.8) is 0 Å². The molecule has 7 heteroatoms. The van der Waals surface area contributed by atoms with E-state index in [9.17, 15) is 23.1 Å². The van der Waals surface area contributed by atoms with Gasteiger partial charge in [0, 0.05) is 13.1 Å². The lowest BCUT2D eigenvalue weighted by Crippen LogP contribution is -2.53. The topological polar surface area (TPSA) is 52.6 Å². The molecule has 1 fully saturated rings. The quantitative estimate of drug-likeness (QED) is 0.894. The molecule has 2 rings (SSSR count). The summed E-state index contributed by atoms with van der Waals surface area (Å²) < 4.78 is 39.2. The van der Waals surface area contributed by atoms with E-state index in [0.717, 1.165) is 6.07 Å². The molecule has 128 valence electrons. The summed E-state index contributed by atoms with van der Waals surface area (Å²) in [5, 5.41) is 12.9. The summed E-state index contributed by atoms with van der Waals surface area (Å²) in [5.41, 5.74) is -2.30. The Hall–Kier alpha value is -1.60. The molecule has 1 atom stereocenters. The van der Waals surface area contributed by atoms with Crippen LogP contribution in [0.25, 0.3) is 0 Å². The van der Waals surface area contributed by atoms with Crippen molar-refractivity contribution in [2.75, 3.05) is 20.1 Å². The highest BCUT2D eigenvalue weighted by Crippen LogP contribution is 2.34. The van der Waals surface area contributed by atoms with Crippen molar-refractivity contribution in [1.29, 1.82) is 0 Å². The van der Waals surface area contributed by atoms with Crippen LogP contribution >= 0.6 is 0 Å². The second-order valence-electron chi connectivity index (χ2n) is 6.12. The largest absolute Gasteiger partial charge is 0.416 e. The Labute approximate surface area is 133 Å². The number of carbonyl (C=O) groups is 1. The number of piperidine rings is 1. The van der Waals surface area contributed by atoms with Crippen molar-refractivity contribution in [2.45, 2.75) is 37.6 Å². The van der Waals surface area contributed by atoms with Crippen LogP contribution < -0.4 is 5.32 Å². The van der Waals surface area contributed by atoms with Crippen molar-refractivity contribution in [2.24, 2.45) is 0 Å². The van der Waals surface area contributed by atoms with Gasteiger partial charge in [0.25, 0.3) is 5.91 Å². The number of nitrogens with one attached hydrogen (secondary N) is 1. The van der Waals surface area contributed by atoms with Crippen molar-refractivity contribution >= 4 is 5.91 Å². The van der Waals surface area contributed by atoms with Crippen molar-refractivity contribution in [3.05, 3.63) is 35.4 Å². The fourth-order valence-corrected chi connectivity index (χ4v) is 2.76. The van der Waals surface area contributed by atoms with E-state index in [1.807, 2.05) is 11.9 Å². The summed E-state index contributed by atoms with van der Waals surface area (Å²) in [5.74, 6) is -0.616. The molecule has 0 bridgehead atoms. The molecule has 1 aliphatic heterocycles. The van der Waals surface area contributed by atoms with Gasteiger partial charge in [-0.2, -0.15) is 13.2 Å². The predicted molar refractivity (Wildman–Crippen MR) is 79.7 cm³/mol. The number of nitrogens with zero attached hydrogens (tertiary/aromatic N) is 1. The van der Waals surface area contributed by atoms with Gasteiger partial charge in [0.2, 0.25) is 0 Å². The standard InChI is InChI=1S/C16H21F3N2O2/c1-11(12-5-3-4-6-13(12)16(17,18)19)20-14(22)15(23)7-9-21(2)10-8-15/h3-6,11,23H,7-10H2,1-2H3,(H,20,22)/t11-/m1/s1. The molecule has 1 aromatic carbocycles. The number of carbonyl (C=O) groups excluding carboxylic acids is 1. The van der Waals surface area contributed by atoms with Gasteiger partial charge in [-0.25, -0.2) is 0 Å². The smallest absolute Gasteiger partial charge is 0.380 e. The molecule has 4 nitrogen and oxygen atoms in total. The fraction of sp³-hybridized carbons (Fsp3) is 0.562. The lowest BCUT2D eigenvalue weighted by atomic mass is 9.90. The van der Waals surface area contributed by atoms with Crippen molar-refractivity contribution in [3.8, 4) is 0 Å². The molecule has 23 heavy (non-hydrogen) atoms. The summed E-state index contributed by atoms with van der Waals surface area (Å²) in [4.78, 5) is 14.3. The van der Waals surface area contributed by atoms with E-state index in [2.05, 4.69) is 5.32 Å². The predicted octanol–water partition coefficient (Wildman–Crippen LogP) is 2.34. The minimum atomic E-state index is -4.49. The summed E-state index contributed by atoms with van der Waals surface area (Å²) in [7, 11) is 1.89. The molecule has 1 aliphatic rings. The maximum absolute atomic E-state index is 13.1. The van der Waals surface area contributed by atoms with E-state index in [4.69, 9.17) is 0 Å². The molecule has 1 saturated heterocycles. The SMILES string of the molecule is C[C@@H](NC(=O)C1(O)CCN(C)CC1)c1ccccc1C(F)(F)F. The van der Waals surface area contributed by atoms with Crippen molar-refractivity contribution < 1.29 is 23.1 Å². The monoisotopic (exact) mass is 330 g/mol. The first-order chi connectivity index (χ1) is 10.6. The van der Waals surface area contributed by atoms with Gasteiger partial charge in [-0.05, 0) is 38.4 Å². The molecule has 1 aromatic rings. The number of halogens is 3. The van der Waals surface area contributed by atoms with Gasteiger partial charge in [-0.15, -0.1) is 0 Å². The maximum Gasteiger partial charge on any atom is 0.416 e. The Morgan fingerprint density at radius 1 is 1.30 bits per heavy atom. The lowest BCUT2D eigenvalue weighted by molar-refractivity contribution is -0.146. The number of rotatable bonds is 3. The summed E-state index contributed by atoms with van der Waals surface area (Å²) in [6.45, 7) is 2.62. The number of amides is 1. The second kappa shape index (κ2) is 6.49. The van der Waals surface area contributed by atoms with Crippen LogP contribution in [0.15, 0.2) is 24.3 Å². The van der Waals surface area contributed by atoms with Crippen LogP contribution in [0.5, 0.6) is 0 Å². The van der Waals surface area contributed by atoms with Crippen LogP contribution in [0.4, 0.5) is 13.2 Å².